The summed E-state index contributed by atoms with van der Waals surface area (Å²) in [6.07, 6.45) is 1.64. The highest BCUT2D eigenvalue weighted by atomic mass is 16.5. The third-order valence-corrected chi connectivity index (χ3v) is 5.41. The van der Waals surface area contributed by atoms with Crippen LogP contribution in [0.2, 0.25) is 0 Å². The number of carbonyl (C=O) groups is 1. The maximum atomic E-state index is 13.2. The molecule has 3 aromatic carbocycles. The van der Waals surface area contributed by atoms with Gasteiger partial charge in [-0.1, -0.05) is 54.6 Å². The van der Waals surface area contributed by atoms with Crippen molar-refractivity contribution in [1.29, 1.82) is 0 Å². The minimum Gasteiger partial charge on any atom is -0.497 e. The number of methoxy groups -OCH3 is 1. The normalized spacial score (nSPS) is 11.3. The molecule has 3 N–H and O–H groups in total. The number of hydrogen-bond donors (Lipinski definition) is 2. The van der Waals surface area contributed by atoms with E-state index in [0.29, 0.717) is 34.5 Å². The Morgan fingerprint density at radius 2 is 1.76 bits per heavy atom. The number of rotatable bonds is 6. The number of nitrogen functional groups attached to an aromatic ring is 1. The molecular weight excluding hydrogens is 428 g/mol. The number of nitrogens with zero attached hydrogens (tertiary/aromatic N) is 4. The van der Waals surface area contributed by atoms with Gasteiger partial charge in [0.15, 0.2) is 5.65 Å². The molecule has 5 aromatic rings. The molecule has 1 amide bonds. The lowest BCUT2D eigenvalue weighted by atomic mass is 10.2. The van der Waals surface area contributed by atoms with Gasteiger partial charge in [-0.25, -0.2) is 9.97 Å². The van der Waals surface area contributed by atoms with Gasteiger partial charge in [0.2, 0.25) is 0 Å². The Morgan fingerprint density at radius 3 is 2.53 bits per heavy atom. The van der Waals surface area contributed by atoms with Crippen molar-refractivity contribution >= 4 is 40.1 Å². The molecule has 0 saturated carbocycles. The van der Waals surface area contributed by atoms with E-state index in [4.69, 9.17) is 20.4 Å². The largest absolute Gasteiger partial charge is 0.497 e. The second kappa shape index (κ2) is 9.03. The second-order valence-corrected chi connectivity index (χ2v) is 7.65. The average Bonchev–Trinajstić information content (AvgIpc) is 3.15. The second-order valence-electron chi connectivity index (χ2n) is 7.65. The van der Waals surface area contributed by atoms with Gasteiger partial charge in [-0.05, 0) is 35.4 Å². The van der Waals surface area contributed by atoms with Crippen LogP contribution in [0.1, 0.15) is 21.5 Å². The number of amides is 1. The SMILES string of the molecule is COc1cccc(C=Nn2c(N)c(C(=O)NCc3ccccc3)c3nc4ccccc4nc32)c1. The number of ether oxygens (including phenoxy) is 1. The first-order valence-electron chi connectivity index (χ1n) is 10.7. The van der Waals surface area contributed by atoms with E-state index in [2.05, 4.69) is 10.4 Å². The van der Waals surface area contributed by atoms with Crippen LogP contribution >= 0.6 is 0 Å². The third kappa shape index (κ3) is 4.04. The molecule has 0 radical (unpaired) electrons. The minimum atomic E-state index is -0.341. The van der Waals surface area contributed by atoms with Crippen LogP contribution in [0.4, 0.5) is 5.82 Å². The van der Waals surface area contributed by atoms with E-state index in [1.54, 1.807) is 13.3 Å². The first kappa shape index (κ1) is 21.1. The Morgan fingerprint density at radius 1 is 1.03 bits per heavy atom. The summed E-state index contributed by atoms with van der Waals surface area (Å²) in [6, 6.07) is 24.6. The quantitative estimate of drug-likeness (QED) is 0.381. The van der Waals surface area contributed by atoms with Crippen LogP contribution in [0.5, 0.6) is 5.75 Å². The van der Waals surface area contributed by atoms with Crippen molar-refractivity contribution in [2.75, 3.05) is 12.8 Å². The van der Waals surface area contributed by atoms with Crippen LogP contribution in [0, 0.1) is 0 Å². The number of fused-ring (bicyclic) bond motifs is 2. The molecule has 0 bridgehead atoms. The Kier molecular flexibility index (Phi) is 5.61. The molecule has 168 valence electrons. The maximum Gasteiger partial charge on any atom is 0.257 e. The fourth-order valence-electron chi connectivity index (χ4n) is 3.70. The summed E-state index contributed by atoms with van der Waals surface area (Å²) in [5, 5.41) is 7.47. The molecule has 0 aliphatic carbocycles. The predicted octanol–water partition coefficient (Wildman–Crippen LogP) is 3.99. The highest BCUT2D eigenvalue weighted by Crippen LogP contribution is 2.28. The predicted molar refractivity (Wildman–Crippen MR) is 133 cm³/mol. The fraction of sp³-hybridized carbons (Fsp3) is 0.0769. The van der Waals surface area contributed by atoms with Crippen molar-refractivity contribution in [2.45, 2.75) is 6.54 Å². The summed E-state index contributed by atoms with van der Waals surface area (Å²) >= 11 is 0. The average molecular weight is 451 g/mol. The van der Waals surface area contributed by atoms with Crippen LogP contribution in [0.15, 0.2) is 84.0 Å². The van der Waals surface area contributed by atoms with Crippen LogP contribution in [0.3, 0.4) is 0 Å². The summed E-state index contributed by atoms with van der Waals surface area (Å²) in [4.78, 5) is 22.6. The first-order chi connectivity index (χ1) is 16.6. The van der Waals surface area contributed by atoms with Crippen molar-refractivity contribution in [3.63, 3.8) is 0 Å². The molecule has 2 aromatic heterocycles. The molecule has 0 fully saturated rings. The fourth-order valence-corrected chi connectivity index (χ4v) is 3.70. The van der Waals surface area contributed by atoms with Crippen molar-refractivity contribution in [1.82, 2.24) is 20.0 Å². The molecule has 0 saturated heterocycles. The zero-order valence-electron chi connectivity index (χ0n) is 18.5. The van der Waals surface area contributed by atoms with E-state index in [-0.39, 0.29) is 17.3 Å². The molecule has 0 unspecified atom stereocenters. The van der Waals surface area contributed by atoms with E-state index in [9.17, 15) is 4.79 Å². The van der Waals surface area contributed by atoms with E-state index >= 15 is 0 Å². The van der Waals surface area contributed by atoms with Gasteiger partial charge < -0.3 is 15.8 Å². The molecule has 0 aliphatic heterocycles. The number of carbonyl (C=O) groups excluding carboxylic acids is 1. The minimum absolute atomic E-state index is 0.162. The lowest BCUT2D eigenvalue weighted by Gasteiger charge is -2.05. The Hall–Kier alpha value is -4.72. The molecule has 2 heterocycles. The zero-order chi connectivity index (χ0) is 23.5. The number of benzene rings is 3. The zero-order valence-corrected chi connectivity index (χ0v) is 18.5. The number of nitrogens with two attached hydrogens (primary N) is 1. The van der Waals surface area contributed by atoms with Gasteiger partial charge >= 0.3 is 0 Å². The smallest absolute Gasteiger partial charge is 0.257 e. The van der Waals surface area contributed by atoms with Gasteiger partial charge in [-0.15, -0.1) is 0 Å². The highest BCUT2D eigenvalue weighted by molar-refractivity contribution is 6.10. The third-order valence-electron chi connectivity index (χ3n) is 5.41. The summed E-state index contributed by atoms with van der Waals surface area (Å²) in [7, 11) is 1.61. The van der Waals surface area contributed by atoms with Crippen LogP contribution in [-0.4, -0.2) is 33.9 Å². The van der Waals surface area contributed by atoms with E-state index < -0.39 is 0 Å². The molecule has 0 aliphatic rings. The van der Waals surface area contributed by atoms with Crippen molar-refractivity contribution < 1.29 is 9.53 Å². The highest BCUT2D eigenvalue weighted by Gasteiger charge is 2.24. The van der Waals surface area contributed by atoms with Crippen LogP contribution in [-0.2, 0) is 6.54 Å². The van der Waals surface area contributed by atoms with Gasteiger partial charge in [0, 0.05) is 6.54 Å². The summed E-state index contributed by atoms with van der Waals surface area (Å²) in [5.74, 6) is 0.530. The maximum absolute atomic E-state index is 13.2. The summed E-state index contributed by atoms with van der Waals surface area (Å²) in [6.45, 7) is 0.361. The number of aromatic nitrogens is 3. The van der Waals surface area contributed by atoms with Gasteiger partial charge in [-0.3, -0.25) is 4.79 Å². The van der Waals surface area contributed by atoms with Crippen LogP contribution in [0.25, 0.3) is 22.2 Å². The lowest BCUT2D eigenvalue weighted by Crippen LogP contribution is -2.23. The van der Waals surface area contributed by atoms with Gasteiger partial charge in [0.25, 0.3) is 5.91 Å². The molecular formula is C26H22N6O2. The number of nitrogens with one attached hydrogen (secondary N) is 1. The van der Waals surface area contributed by atoms with E-state index in [1.165, 1.54) is 4.68 Å². The van der Waals surface area contributed by atoms with Gasteiger partial charge in [0.05, 0.1) is 24.4 Å². The topological polar surface area (TPSA) is 107 Å². The van der Waals surface area contributed by atoms with Crippen LogP contribution < -0.4 is 15.8 Å². The molecule has 8 nitrogen and oxygen atoms in total. The first-order valence-corrected chi connectivity index (χ1v) is 10.7. The van der Waals surface area contributed by atoms with E-state index in [0.717, 1.165) is 11.1 Å². The van der Waals surface area contributed by atoms with Crippen molar-refractivity contribution in [3.05, 3.63) is 95.6 Å². The molecule has 0 atom stereocenters. The number of para-hydroxylation sites is 2. The Balaban J connectivity index is 1.59. The van der Waals surface area contributed by atoms with Gasteiger partial charge in [-0.2, -0.15) is 9.78 Å². The summed E-state index contributed by atoms with van der Waals surface area (Å²) < 4.78 is 6.73. The molecule has 34 heavy (non-hydrogen) atoms. The van der Waals surface area contributed by atoms with Gasteiger partial charge in [0.1, 0.15) is 22.6 Å². The Labute approximate surface area is 195 Å². The van der Waals surface area contributed by atoms with Crippen molar-refractivity contribution in [3.8, 4) is 5.75 Å². The number of anilines is 1. The molecule has 0 spiro atoms. The Bertz CT molecular complexity index is 1530. The monoisotopic (exact) mass is 450 g/mol. The molecule has 8 heteroatoms. The van der Waals surface area contributed by atoms with Crippen molar-refractivity contribution in [2.24, 2.45) is 5.10 Å². The van der Waals surface area contributed by atoms with E-state index in [1.807, 2.05) is 78.9 Å². The number of hydrogen-bond acceptors (Lipinski definition) is 6. The summed E-state index contributed by atoms with van der Waals surface area (Å²) in [5.41, 5.74) is 10.6. The lowest BCUT2D eigenvalue weighted by molar-refractivity contribution is 0.0953. The molecule has 5 rings (SSSR count). The standard InChI is InChI=1S/C26H22N6O2/c1-34-19-11-7-10-18(14-19)16-29-32-24(27)22(26(33)28-15-17-8-3-2-4-9-17)23-25(32)31-21-13-6-5-12-20(21)30-23/h2-14,16H,15,27H2,1H3,(H,28,33).